The summed E-state index contributed by atoms with van der Waals surface area (Å²) in [5.41, 5.74) is 6.11. The first-order valence-electron chi connectivity index (χ1n) is 7.39. The van der Waals surface area contributed by atoms with Crippen LogP contribution in [0.3, 0.4) is 0 Å². The van der Waals surface area contributed by atoms with Gasteiger partial charge in [0.05, 0.1) is 0 Å². The second kappa shape index (κ2) is 4.87. The van der Waals surface area contributed by atoms with Crippen LogP contribution in [0.5, 0.6) is 0 Å². The van der Waals surface area contributed by atoms with E-state index in [9.17, 15) is 0 Å². The van der Waals surface area contributed by atoms with Crippen LogP contribution in [0.1, 0.15) is 44.9 Å². The zero-order valence-electron chi connectivity index (χ0n) is 10.8. The maximum absolute atomic E-state index is 6.11. The fraction of sp³-hybridized carbons (Fsp3) is 0.929. The third-order valence-electron chi connectivity index (χ3n) is 4.62. The van der Waals surface area contributed by atoms with Crippen molar-refractivity contribution in [2.75, 3.05) is 19.6 Å². The Morgan fingerprint density at radius 3 is 2.47 bits per heavy atom. The number of guanidine groups is 1. The summed E-state index contributed by atoms with van der Waals surface area (Å²) in [6.07, 6.45) is 9.65. The molecule has 3 nitrogen and oxygen atoms in total. The molecule has 1 aliphatic heterocycles. The molecule has 2 atom stereocenters. The molecular formula is C14H25N3. The van der Waals surface area contributed by atoms with Crippen LogP contribution in [0, 0.1) is 17.8 Å². The highest BCUT2D eigenvalue weighted by atomic mass is 15.2. The van der Waals surface area contributed by atoms with Crippen LogP contribution in [-0.4, -0.2) is 30.5 Å². The second-order valence-corrected chi connectivity index (χ2v) is 6.10. The summed E-state index contributed by atoms with van der Waals surface area (Å²) < 4.78 is 0. The average Bonchev–Trinajstić information content (AvgIpc) is 3.22. The maximum atomic E-state index is 6.11. The van der Waals surface area contributed by atoms with E-state index in [0.717, 1.165) is 43.3 Å². The number of likely N-dealkylation sites (tertiary alicyclic amines) is 1. The van der Waals surface area contributed by atoms with E-state index in [0.29, 0.717) is 0 Å². The Labute approximate surface area is 104 Å². The summed E-state index contributed by atoms with van der Waals surface area (Å²) in [6, 6.07) is 0. The smallest absolute Gasteiger partial charge is 0.191 e. The van der Waals surface area contributed by atoms with Crippen LogP contribution in [0.15, 0.2) is 4.99 Å². The van der Waals surface area contributed by atoms with E-state index in [1.54, 1.807) is 0 Å². The topological polar surface area (TPSA) is 41.6 Å². The Bertz CT molecular complexity index is 288. The minimum absolute atomic E-state index is 0.813. The lowest BCUT2D eigenvalue weighted by Gasteiger charge is -2.21. The molecule has 2 N–H and O–H groups in total. The molecule has 1 saturated heterocycles. The number of aliphatic imine (C=N–C) groups is 1. The Kier molecular flexibility index (Phi) is 3.26. The molecule has 0 radical (unpaired) electrons. The predicted molar refractivity (Wildman–Crippen MR) is 70.9 cm³/mol. The summed E-state index contributed by atoms with van der Waals surface area (Å²) in [6.45, 7) is 3.22. The zero-order chi connectivity index (χ0) is 11.7. The number of rotatable bonds is 3. The SMILES string of the molecule is NC(=NC[C@@H]1C[C@H]1C1CC1)N1CCCCCC1. The van der Waals surface area contributed by atoms with Gasteiger partial charge in [-0.25, -0.2) is 0 Å². The maximum Gasteiger partial charge on any atom is 0.191 e. The summed E-state index contributed by atoms with van der Waals surface area (Å²) in [7, 11) is 0. The molecule has 2 saturated carbocycles. The lowest BCUT2D eigenvalue weighted by molar-refractivity contribution is 0.427. The molecule has 0 aromatic rings. The molecule has 0 spiro atoms. The van der Waals surface area contributed by atoms with Crippen molar-refractivity contribution in [2.24, 2.45) is 28.5 Å². The van der Waals surface area contributed by atoms with E-state index < -0.39 is 0 Å². The molecular weight excluding hydrogens is 210 g/mol. The average molecular weight is 235 g/mol. The van der Waals surface area contributed by atoms with Gasteiger partial charge < -0.3 is 10.6 Å². The van der Waals surface area contributed by atoms with Crippen molar-refractivity contribution < 1.29 is 0 Å². The van der Waals surface area contributed by atoms with Crippen LogP contribution >= 0.6 is 0 Å². The minimum atomic E-state index is 0.813. The van der Waals surface area contributed by atoms with Gasteiger partial charge in [-0.1, -0.05) is 12.8 Å². The Balaban J connectivity index is 1.45. The Morgan fingerprint density at radius 2 is 1.82 bits per heavy atom. The van der Waals surface area contributed by atoms with Crippen molar-refractivity contribution in [3.8, 4) is 0 Å². The largest absolute Gasteiger partial charge is 0.370 e. The van der Waals surface area contributed by atoms with E-state index in [4.69, 9.17) is 5.73 Å². The Hall–Kier alpha value is -0.730. The molecule has 2 aliphatic carbocycles. The van der Waals surface area contributed by atoms with Gasteiger partial charge in [0.1, 0.15) is 0 Å². The molecule has 3 heteroatoms. The van der Waals surface area contributed by atoms with Crippen LogP contribution < -0.4 is 5.73 Å². The fourth-order valence-corrected chi connectivity index (χ4v) is 3.19. The zero-order valence-corrected chi connectivity index (χ0v) is 10.8. The standard InChI is InChI=1S/C14H25N3/c15-14(17-7-3-1-2-4-8-17)16-10-12-9-13(12)11-5-6-11/h11-13H,1-10H2,(H2,15,16)/t12-,13-/m0/s1. The van der Waals surface area contributed by atoms with E-state index in [1.165, 1.54) is 44.9 Å². The van der Waals surface area contributed by atoms with Crippen LogP contribution in [-0.2, 0) is 0 Å². The molecule has 3 rings (SSSR count). The lowest BCUT2D eigenvalue weighted by Crippen LogP contribution is -2.38. The van der Waals surface area contributed by atoms with Crippen LogP contribution in [0.4, 0.5) is 0 Å². The molecule has 96 valence electrons. The third kappa shape index (κ3) is 2.93. The molecule has 0 amide bonds. The summed E-state index contributed by atoms with van der Waals surface area (Å²) >= 11 is 0. The van der Waals surface area contributed by atoms with Crippen molar-refractivity contribution in [1.82, 2.24) is 4.90 Å². The molecule has 17 heavy (non-hydrogen) atoms. The number of nitrogens with zero attached hydrogens (tertiary/aromatic N) is 2. The third-order valence-corrected chi connectivity index (χ3v) is 4.62. The van der Waals surface area contributed by atoms with Gasteiger partial charge in [0.25, 0.3) is 0 Å². The van der Waals surface area contributed by atoms with E-state index in [-0.39, 0.29) is 0 Å². The predicted octanol–water partition coefficient (Wildman–Crippen LogP) is 2.22. The van der Waals surface area contributed by atoms with Crippen molar-refractivity contribution in [3.05, 3.63) is 0 Å². The number of hydrogen-bond acceptors (Lipinski definition) is 1. The number of nitrogens with two attached hydrogens (primary N) is 1. The second-order valence-electron chi connectivity index (χ2n) is 6.10. The monoisotopic (exact) mass is 235 g/mol. The van der Waals surface area contributed by atoms with E-state index in [2.05, 4.69) is 9.89 Å². The molecule has 0 aromatic heterocycles. The first-order chi connectivity index (χ1) is 8.34. The van der Waals surface area contributed by atoms with Crippen LogP contribution in [0.2, 0.25) is 0 Å². The van der Waals surface area contributed by atoms with E-state index in [1.807, 2.05) is 0 Å². The highest BCUT2D eigenvalue weighted by Crippen LogP contribution is 2.54. The molecule has 1 heterocycles. The Morgan fingerprint density at radius 1 is 1.12 bits per heavy atom. The van der Waals surface area contributed by atoms with Gasteiger partial charge in [-0.2, -0.15) is 0 Å². The minimum Gasteiger partial charge on any atom is -0.370 e. The van der Waals surface area contributed by atoms with Crippen molar-refractivity contribution in [1.29, 1.82) is 0 Å². The van der Waals surface area contributed by atoms with Gasteiger partial charge in [0.2, 0.25) is 0 Å². The molecule has 3 aliphatic rings. The molecule has 0 bridgehead atoms. The highest BCUT2D eigenvalue weighted by Gasteiger charge is 2.46. The molecule has 0 unspecified atom stereocenters. The van der Waals surface area contributed by atoms with Crippen molar-refractivity contribution >= 4 is 5.96 Å². The van der Waals surface area contributed by atoms with Gasteiger partial charge in [-0.3, -0.25) is 4.99 Å². The fourth-order valence-electron chi connectivity index (χ4n) is 3.19. The quantitative estimate of drug-likeness (QED) is 0.602. The lowest BCUT2D eigenvalue weighted by atomic mass is 10.2. The highest BCUT2D eigenvalue weighted by molar-refractivity contribution is 5.78. The van der Waals surface area contributed by atoms with Crippen molar-refractivity contribution in [3.63, 3.8) is 0 Å². The molecule has 3 fully saturated rings. The van der Waals surface area contributed by atoms with Gasteiger partial charge in [0.15, 0.2) is 5.96 Å². The summed E-state index contributed by atoms with van der Waals surface area (Å²) in [4.78, 5) is 6.93. The van der Waals surface area contributed by atoms with Gasteiger partial charge in [-0.05, 0) is 49.9 Å². The van der Waals surface area contributed by atoms with Gasteiger partial charge in [0, 0.05) is 19.6 Å². The molecule has 0 aromatic carbocycles. The van der Waals surface area contributed by atoms with Crippen LogP contribution in [0.25, 0.3) is 0 Å². The normalized spacial score (nSPS) is 34.6. The summed E-state index contributed by atoms with van der Waals surface area (Å²) in [5, 5.41) is 0. The van der Waals surface area contributed by atoms with Crippen molar-refractivity contribution in [2.45, 2.75) is 44.9 Å². The van der Waals surface area contributed by atoms with Gasteiger partial charge >= 0.3 is 0 Å². The number of hydrogen-bond donors (Lipinski definition) is 1. The first-order valence-corrected chi connectivity index (χ1v) is 7.39. The first kappa shape index (κ1) is 11.4. The van der Waals surface area contributed by atoms with E-state index >= 15 is 0 Å². The summed E-state index contributed by atoms with van der Waals surface area (Å²) in [5.74, 6) is 3.76. The van der Waals surface area contributed by atoms with Gasteiger partial charge in [-0.15, -0.1) is 0 Å².